The van der Waals surface area contributed by atoms with Gasteiger partial charge in [-0.2, -0.15) is 0 Å². The molecule has 0 radical (unpaired) electrons. The number of sulfonamides is 1. The average molecular weight is 404 g/mol. The number of para-hydroxylation sites is 1. The van der Waals surface area contributed by atoms with E-state index in [2.05, 4.69) is 10.0 Å². The molecule has 8 heteroatoms. The lowest BCUT2D eigenvalue weighted by molar-refractivity contribution is -0.123. The van der Waals surface area contributed by atoms with E-state index in [-0.39, 0.29) is 23.5 Å². The lowest BCUT2D eigenvalue weighted by Gasteiger charge is -2.12. The Morgan fingerprint density at radius 3 is 2.57 bits per heavy atom. The first-order valence-corrected chi connectivity index (χ1v) is 10.5. The van der Waals surface area contributed by atoms with Crippen LogP contribution < -0.4 is 19.5 Å². The van der Waals surface area contributed by atoms with Crippen LogP contribution >= 0.6 is 0 Å². The molecular formula is C20H24N2O5S. The molecule has 1 aliphatic carbocycles. The molecule has 2 N–H and O–H groups in total. The predicted molar refractivity (Wildman–Crippen MR) is 105 cm³/mol. The molecule has 1 amide bonds. The van der Waals surface area contributed by atoms with Crippen molar-refractivity contribution in [2.24, 2.45) is 0 Å². The zero-order chi connectivity index (χ0) is 20.1. The van der Waals surface area contributed by atoms with Gasteiger partial charge >= 0.3 is 0 Å². The summed E-state index contributed by atoms with van der Waals surface area (Å²) >= 11 is 0. The van der Waals surface area contributed by atoms with E-state index in [1.165, 1.54) is 6.07 Å². The molecule has 1 aliphatic rings. The monoisotopic (exact) mass is 404 g/mol. The first kappa shape index (κ1) is 20.2. The maximum Gasteiger partial charge on any atom is 0.258 e. The Morgan fingerprint density at radius 2 is 1.89 bits per heavy atom. The highest BCUT2D eigenvalue weighted by molar-refractivity contribution is 7.89. The van der Waals surface area contributed by atoms with Crippen molar-refractivity contribution < 1.29 is 22.7 Å². The Kier molecular flexibility index (Phi) is 6.21. The summed E-state index contributed by atoms with van der Waals surface area (Å²) in [6.45, 7) is 1.91. The summed E-state index contributed by atoms with van der Waals surface area (Å²) in [7, 11) is -1.93. The molecule has 1 fully saturated rings. The SMILES string of the molecule is COc1ccccc1CNC(=O)COc1ccc(S(=O)(=O)NC2CC2)cc1C. The third kappa shape index (κ3) is 5.24. The summed E-state index contributed by atoms with van der Waals surface area (Å²) in [6.07, 6.45) is 1.76. The summed E-state index contributed by atoms with van der Waals surface area (Å²) < 4.78 is 38.0. The van der Waals surface area contributed by atoms with Crippen molar-refractivity contribution in [3.05, 3.63) is 53.6 Å². The van der Waals surface area contributed by atoms with Crippen molar-refractivity contribution in [3.63, 3.8) is 0 Å². The van der Waals surface area contributed by atoms with Gasteiger partial charge in [-0.1, -0.05) is 18.2 Å². The number of nitrogens with one attached hydrogen (secondary N) is 2. The minimum absolute atomic E-state index is 0.0492. The quantitative estimate of drug-likeness (QED) is 0.668. The van der Waals surface area contributed by atoms with Gasteiger partial charge in [0.1, 0.15) is 11.5 Å². The van der Waals surface area contributed by atoms with Crippen LogP contribution in [0.15, 0.2) is 47.4 Å². The van der Waals surface area contributed by atoms with Crippen LogP contribution in [0, 0.1) is 6.92 Å². The molecule has 0 bridgehead atoms. The van der Waals surface area contributed by atoms with Crippen molar-refractivity contribution in [2.45, 2.75) is 37.2 Å². The molecule has 150 valence electrons. The van der Waals surface area contributed by atoms with Crippen LogP contribution in [0.4, 0.5) is 0 Å². The highest BCUT2D eigenvalue weighted by Crippen LogP contribution is 2.25. The largest absolute Gasteiger partial charge is 0.496 e. The van der Waals surface area contributed by atoms with Crippen LogP contribution in [0.3, 0.4) is 0 Å². The van der Waals surface area contributed by atoms with Gasteiger partial charge in [-0.15, -0.1) is 0 Å². The summed E-state index contributed by atoms with van der Waals surface area (Å²) in [5.74, 6) is 0.895. The minimum atomic E-state index is -3.51. The van der Waals surface area contributed by atoms with Gasteiger partial charge in [0.05, 0.1) is 12.0 Å². The third-order valence-corrected chi connectivity index (χ3v) is 5.90. The van der Waals surface area contributed by atoms with E-state index < -0.39 is 10.0 Å². The second-order valence-electron chi connectivity index (χ2n) is 6.70. The van der Waals surface area contributed by atoms with Crippen molar-refractivity contribution in [3.8, 4) is 11.5 Å². The fourth-order valence-corrected chi connectivity index (χ4v) is 4.07. The molecule has 0 saturated heterocycles. The number of aryl methyl sites for hydroxylation is 1. The number of amides is 1. The van der Waals surface area contributed by atoms with Crippen LogP contribution in [0.1, 0.15) is 24.0 Å². The maximum absolute atomic E-state index is 12.3. The van der Waals surface area contributed by atoms with Crippen molar-refractivity contribution in [1.29, 1.82) is 0 Å². The van der Waals surface area contributed by atoms with E-state index in [1.54, 1.807) is 26.2 Å². The molecule has 2 aromatic rings. The zero-order valence-electron chi connectivity index (χ0n) is 15.9. The van der Waals surface area contributed by atoms with Crippen molar-refractivity contribution in [2.75, 3.05) is 13.7 Å². The molecule has 1 saturated carbocycles. The average Bonchev–Trinajstić information content (AvgIpc) is 3.48. The number of hydrogen-bond acceptors (Lipinski definition) is 5. The highest BCUT2D eigenvalue weighted by Gasteiger charge is 2.28. The summed E-state index contributed by atoms with van der Waals surface area (Å²) in [6, 6.07) is 12.1. The first-order chi connectivity index (χ1) is 13.4. The van der Waals surface area contributed by atoms with Crippen LogP contribution in [-0.4, -0.2) is 34.1 Å². The van der Waals surface area contributed by atoms with Crippen LogP contribution in [-0.2, 0) is 21.4 Å². The van der Waals surface area contributed by atoms with Crippen LogP contribution in [0.2, 0.25) is 0 Å². The molecule has 0 spiro atoms. The smallest absolute Gasteiger partial charge is 0.258 e. The lowest BCUT2D eigenvalue weighted by Crippen LogP contribution is -2.28. The third-order valence-electron chi connectivity index (χ3n) is 4.38. The highest BCUT2D eigenvalue weighted by atomic mass is 32.2. The van der Waals surface area contributed by atoms with E-state index in [1.807, 2.05) is 24.3 Å². The summed E-state index contributed by atoms with van der Waals surface area (Å²) in [4.78, 5) is 12.3. The minimum Gasteiger partial charge on any atom is -0.496 e. The number of ether oxygens (including phenoxy) is 2. The molecule has 0 aromatic heterocycles. The van der Waals surface area contributed by atoms with Crippen LogP contribution in [0.25, 0.3) is 0 Å². The maximum atomic E-state index is 12.3. The van der Waals surface area contributed by atoms with E-state index >= 15 is 0 Å². The molecule has 0 atom stereocenters. The molecule has 0 heterocycles. The van der Waals surface area contributed by atoms with Gasteiger partial charge in [-0.3, -0.25) is 4.79 Å². The Labute approximate surface area is 165 Å². The summed E-state index contributed by atoms with van der Waals surface area (Å²) in [5.41, 5.74) is 1.52. The first-order valence-electron chi connectivity index (χ1n) is 9.03. The number of methoxy groups -OCH3 is 1. The van der Waals surface area contributed by atoms with Gasteiger partial charge in [0.25, 0.3) is 5.91 Å². The van der Waals surface area contributed by atoms with Crippen molar-refractivity contribution >= 4 is 15.9 Å². The second kappa shape index (κ2) is 8.62. The fourth-order valence-electron chi connectivity index (χ4n) is 2.68. The van der Waals surface area contributed by atoms with Crippen LogP contribution in [0.5, 0.6) is 11.5 Å². The van der Waals surface area contributed by atoms with Gasteiger partial charge < -0.3 is 14.8 Å². The van der Waals surface area contributed by atoms with E-state index in [9.17, 15) is 13.2 Å². The number of carbonyl (C=O) groups excluding carboxylic acids is 1. The Morgan fingerprint density at radius 1 is 1.14 bits per heavy atom. The van der Waals surface area contributed by atoms with E-state index in [4.69, 9.17) is 9.47 Å². The van der Waals surface area contributed by atoms with Gasteiger partial charge in [0.2, 0.25) is 10.0 Å². The standard InChI is InChI=1S/C20H24N2O5S/c1-14-11-17(28(24,25)22-16-7-8-16)9-10-18(14)27-13-20(23)21-12-15-5-3-4-6-19(15)26-2/h3-6,9-11,16,22H,7-8,12-13H2,1-2H3,(H,21,23). The Hall–Kier alpha value is -2.58. The fraction of sp³-hybridized carbons (Fsp3) is 0.350. The normalized spacial score (nSPS) is 13.8. The zero-order valence-corrected chi connectivity index (χ0v) is 16.7. The number of carbonyl (C=O) groups is 1. The molecule has 28 heavy (non-hydrogen) atoms. The molecule has 3 rings (SSSR count). The molecular weight excluding hydrogens is 380 g/mol. The topological polar surface area (TPSA) is 93.7 Å². The number of rotatable bonds is 9. The van der Waals surface area contributed by atoms with E-state index in [0.29, 0.717) is 23.6 Å². The Bertz CT molecular complexity index is 955. The molecule has 0 unspecified atom stereocenters. The van der Waals surface area contributed by atoms with Gasteiger partial charge in [0.15, 0.2) is 6.61 Å². The van der Waals surface area contributed by atoms with Gasteiger partial charge in [-0.05, 0) is 49.6 Å². The lowest BCUT2D eigenvalue weighted by atomic mass is 10.2. The molecule has 0 aliphatic heterocycles. The number of benzene rings is 2. The van der Waals surface area contributed by atoms with Gasteiger partial charge in [-0.25, -0.2) is 13.1 Å². The van der Waals surface area contributed by atoms with Crippen molar-refractivity contribution in [1.82, 2.24) is 10.0 Å². The Balaban J connectivity index is 1.54. The second-order valence-corrected chi connectivity index (χ2v) is 8.41. The molecule has 2 aromatic carbocycles. The predicted octanol–water partition coefficient (Wildman–Crippen LogP) is 2.14. The summed E-state index contributed by atoms with van der Waals surface area (Å²) in [5, 5.41) is 2.78. The molecule has 7 nitrogen and oxygen atoms in total. The number of hydrogen-bond donors (Lipinski definition) is 2. The van der Waals surface area contributed by atoms with Gasteiger partial charge in [0, 0.05) is 18.2 Å². The van der Waals surface area contributed by atoms with E-state index in [0.717, 1.165) is 18.4 Å².